The Hall–Kier alpha value is -0.740. The van der Waals surface area contributed by atoms with E-state index in [9.17, 15) is 9.50 Å². The number of aromatic hydroxyl groups is 1. The van der Waals surface area contributed by atoms with Crippen LogP contribution < -0.4 is 5.32 Å². The third-order valence-electron chi connectivity index (χ3n) is 3.76. The van der Waals surface area contributed by atoms with E-state index in [0.717, 1.165) is 11.3 Å². The highest BCUT2D eigenvalue weighted by molar-refractivity contribution is 7.99. The highest BCUT2D eigenvalue weighted by Crippen LogP contribution is 2.32. The summed E-state index contributed by atoms with van der Waals surface area (Å²) >= 11 is 2.01. The molecule has 0 heterocycles. The van der Waals surface area contributed by atoms with Crippen molar-refractivity contribution in [2.75, 3.05) is 5.75 Å². The highest BCUT2D eigenvalue weighted by atomic mass is 32.2. The van der Waals surface area contributed by atoms with Crippen LogP contribution >= 0.6 is 11.8 Å². The molecular weight excluding hydrogens is 261 g/mol. The molecule has 0 aliphatic heterocycles. The summed E-state index contributed by atoms with van der Waals surface area (Å²) in [6, 6.07) is 4.79. The molecule has 1 aromatic rings. The zero-order valence-electron chi connectivity index (χ0n) is 11.5. The summed E-state index contributed by atoms with van der Waals surface area (Å²) in [5, 5.41) is 14.1. The molecule has 1 saturated carbocycles. The van der Waals surface area contributed by atoms with Crippen LogP contribution in [0.4, 0.5) is 4.39 Å². The summed E-state index contributed by atoms with van der Waals surface area (Å²) in [5.41, 5.74) is 0.772. The fourth-order valence-corrected chi connectivity index (χ4v) is 4.03. The number of thioether (sulfide) groups is 1. The lowest BCUT2D eigenvalue weighted by Gasteiger charge is -2.25. The van der Waals surface area contributed by atoms with E-state index in [2.05, 4.69) is 12.2 Å². The molecule has 1 aliphatic carbocycles. The first kappa shape index (κ1) is 14.7. The first-order valence-corrected chi connectivity index (χ1v) is 8.02. The monoisotopic (exact) mass is 283 g/mol. The first-order chi connectivity index (χ1) is 9.11. The van der Waals surface area contributed by atoms with Crippen LogP contribution in [0.1, 0.15) is 44.7 Å². The minimum Gasteiger partial charge on any atom is -0.508 e. The zero-order chi connectivity index (χ0) is 13.8. The summed E-state index contributed by atoms with van der Waals surface area (Å²) in [7, 11) is 0. The van der Waals surface area contributed by atoms with Gasteiger partial charge in [-0.3, -0.25) is 0 Å². The molecule has 2 N–H and O–H groups in total. The molecule has 1 aromatic carbocycles. The maximum atomic E-state index is 13.0. The van der Waals surface area contributed by atoms with Crippen molar-refractivity contribution in [3.8, 4) is 5.75 Å². The van der Waals surface area contributed by atoms with Crippen LogP contribution in [-0.2, 0) is 0 Å². The first-order valence-electron chi connectivity index (χ1n) is 6.98. The summed E-state index contributed by atoms with van der Waals surface area (Å²) in [4.78, 5) is 0. The number of phenols is 1. The Labute approximate surface area is 118 Å². The molecule has 106 valence electrons. The van der Waals surface area contributed by atoms with Crippen molar-refractivity contribution in [3.05, 3.63) is 29.6 Å². The van der Waals surface area contributed by atoms with Crippen LogP contribution in [0.15, 0.2) is 18.2 Å². The smallest absolute Gasteiger partial charge is 0.126 e. The molecule has 2 nitrogen and oxygen atoms in total. The summed E-state index contributed by atoms with van der Waals surface area (Å²) in [5.74, 6) is 0.783. The Bertz CT molecular complexity index is 427. The molecule has 0 spiro atoms. The number of benzene rings is 1. The van der Waals surface area contributed by atoms with Crippen molar-refractivity contribution in [2.24, 2.45) is 0 Å². The zero-order valence-corrected chi connectivity index (χ0v) is 12.3. The van der Waals surface area contributed by atoms with Crippen molar-refractivity contribution in [1.82, 2.24) is 5.32 Å². The van der Waals surface area contributed by atoms with E-state index in [1.165, 1.54) is 31.4 Å². The number of hydrogen-bond acceptors (Lipinski definition) is 3. The summed E-state index contributed by atoms with van der Waals surface area (Å²) in [6.45, 7) is 4.22. The Morgan fingerprint density at radius 3 is 2.95 bits per heavy atom. The molecule has 0 saturated heterocycles. The van der Waals surface area contributed by atoms with Gasteiger partial charge in [-0.15, -0.1) is 0 Å². The molecule has 0 amide bonds. The van der Waals surface area contributed by atoms with Gasteiger partial charge >= 0.3 is 0 Å². The number of nitrogens with one attached hydrogen (secondary N) is 1. The Kier molecular flexibility index (Phi) is 5.11. The second-order valence-electron chi connectivity index (χ2n) is 5.12. The highest BCUT2D eigenvalue weighted by Gasteiger charge is 2.28. The van der Waals surface area contributed by atoms with E-state index in [4.69, 9.17) is 0 Å². The average Bonchev–Trinajstić information content (AvgIpc) is 2.77. The molecule has 3 unspecified atom stereocenters. The topological polar surface area (TPSA) is 32.3 Å². The van der Waals surface area contributed by atoms with Crippen molar-refractivity contribution >= 4 is 11.8 Å². The van der Waals surface area contributed by atoms with Crippen LogP contribution in [0.25, 0.3) is 0 Å². The standard InChI is InChI=1S/C15H22FNOS/c1-3-19-15-6-4-5-13(15)17-10(2)12-8-7-11(16)9-14(12)18/h7-10,13,15,17-18H,3-6H2,1-2H3. The molecule has 3 atom stereocenters. The van der Waals surface area contributed by atoms with Crippen molar-refractivity contribution in [2.45, 2.75) is 50.4 Å². The van der Waals surface area contributed by atoms with Gasteiger partial charge in [0.25, 0.3) is 0 Å². The van der Waals surface area contributed by atoms with Gasteiger partial charge in [0.2, 0.25) is 0 Å². The predicted molar refractivity (Wildman–Crippen MR) is 79.2 cm³/mol. The maximum Gasteiger partial charge on any atom is 0.126 e. The molecule has 0 radical (unpaired) electrons. The van der Waals surface area contributed by atoms with E-state index < -0.39 is 5.82 Å². The quantitative estimate of drug-likeness (QED) is 0.860. The SMILES string of the molecule is CCSC1CCCC1NC(C)c1ccc(F)cc1O. The number of halogens is 1. The minimum atomic E-state index is -0.395. The number of hydrogen-bond donors (Lipinski definition) is 2. The lowest BCUT2D eigenvalue weighted by Crippen LogP contribution is -2.36. The largest absolute Gasteiger partial charge is 0.508 e. The Morgan fingerprint density at radius 2 is 2.26 bits per heavy atom. The van der Waals surface area contributed by atoms with Crippen LogP contribution in [0.2, 0.25) is 0 Å². The fraction of sp³-hybridized carbons (Fsp3) is 0.600. The second kappa shape index (κ2) is 6.62. The van der Waals surface area contributed by atoms with E-state index in [1.54, 1.807) is 6.07 Å². The number of rotatable bonds is 5. The third-order valence-corrected chi connectivity index (χ3v) is 5.08. The van der Waals surface area contributed by atoms with E-state index in [-0.39, 0.29) is 11.8 Å². The number of phenolic OH excluding ortho intramolecular Hbond substituents is 1. The molecule has 1 fully saturated rings. The van der Waals surface area contributed by atoms with Crippen LogP contribution in [0.3, 0.4) is 0 Å². The van der Waals surface area contributed by atoms with E-state index in [1.807, 2.05) is 18.7 Å². The lowest BCUT2D eigenvalue weighted by atomic mass is 10.1. The third kappa shape index (κ3) is 3.63. The van der Waals surface area contributed by atoms with Gasteiger partial charge in [-0.2, -0.15) is 11.8 Å². The van der Waals surface area contributed by atoms with Crippen LogP contribution in [0, 0.1) is 5.82 Å². The van der Waals surface area contributed by atoms with E-state index in [0.29, 0.717) is 11.3 Å². The molecule has 1 aliphatic rings. The molecule has 2 rings (SSSR count). The van der Waals surface area contributed by atoms with Gasteiger partial charge in [0.1, 0.15) is 11.6 Å². The van der Waals surface area contributed by atoms with Gasteiger partial charge in [0.05, 0.1) is 0 Å². The molecule has 0 bridgehead atoms. The van der Waals surface area contributed by atoms with Gasteiger partial charge in [-0.25, -0.2) is 4.39 Å². The van der Waals surface area contributed by atoms with Crippen LogP contribution in [-0.4, -0.2) is 22.2 Å². The molecule has 4 heteroatoms. The van der Waals surface area contributed by atoms with Crippen LogP contribution in [0.5, 0.6) is 5.75 Å². The van der Waals surface area contributed by atoms with Gasteiger partial charge in [0.15, 0.2) is 0 Å². The lowest BCUT2D eigenvalue weighted by molar-refractivity contribution is 0.426. The summed E-state index contributed by atoms with van der Waals surface area (Å²) in [6.07, 6.45) is 3.71. The fourth-order valence-electron chi connectivity index (χ4n) is 2.82. The minimum absolute atomic E-state index is 0.0395. The molecule has 19 heavy (non-hydrogen) atoms. The normalized spacial score (nSPS) is 24.6. The predicted octanol–water partition coefficient (Wildman–Crippen LogP) is 3.86. The van der Waals surface area contributed by atoms with E-state index >= 15 is 0 Å². The van der Waals surface area contributed by atoms with Crippen molar-refractivity contribution < 1.29 is 9.50 Å². The van der Waals surface area contributed by atoms with Gasteiger partial charge in [-0.05, 0) is 31.6 Å². The average molecular weight is 283 g/mol. The second-order valence-corrected chi connectivity index (χ2v) is 6.64. The maximum absolute atomic E-state index is 13.0. The van der Waals surface area contributed by atoms with Gasteiger partial charge < -0.3 is 10.4 Å². The molecule has 0 aromatic heterocycles. The van der Waals surface area contributed by atoms with Gasteiger partial charge in [-0.1, -0.05) is 19.4 Å². The Balaban J connectivity index is 2.02. The van der Waals surface area contributed by atoms with Gasteiger partial charge in [0, 0.05) is 29.0 Å². The summed E-state index contributed by atoms with van der Waals surface area (Å²) < 4.78 is 13.0. The molecular formula is C15H22FNOS. The van der Waals surface area contributed by atoms with Crippen molar-refractivity contribution in [1.29, 1.82) is 0 Å². The van der Waals surface area contributed by atoms with Crippen molar-refractivity contribution in [3.63, 3.8) is 0 Å². The Morgan fingerprint density at radius 1 is 1.47 bits per heavy atom.